The highest BCUT2D eigenvalue weighted by atomic mass is 35.5. The van der Waals surface area contributed by atoms with Crippen molar-refractivity contribution in [3.8, 4) is 11.3 Å². The summed E-state index contributed by atoms with van der Waals surface area (Å²) in [4.78, 5) is 0. The minimum atomic E-state index is 0.470. The molecule has 2 nitrogen and oxygen atoms in total. The van der Waals surface area contributed by atoms with Crippen LogP contribution in [-0.4, -0.2) is 10.2 Å². The van der Waals surface area contributed by atoms with Gasteiger partial charge in [-0.25, -0.2) is 0 Å². The van der Waals surface area contributed by atoms with Crippen molar-refractivity contribution in [3.63, 3.8) is 0 Å². The van der Waals surface area contributed by atoms with Gasteiger partial charge in [-0.2, -0.15) is 5.10 Å². The van der Waals surface area contributed by atoms with E-state index in [4.69, 9.17) is 11.6 Å². The molecule has 0 atom stereocenters. The largest absolute Gasteiger partial charge is 0.281 e. The highest BCUT2D eigenvalue weighted by Crippen LogP contribution is 2.21. The maximum Gasteiger partial charge on any atom is 0.0924 e. The summed E-state index contributed by atoms with van der Waals surface area (Å²) < 4.78 is 0. The van der Waals surface area contributed by atoms with Crippen molar-refractivity contribution in [2.24, 2.45) is 0 Å². The normalized spacial score (nSPS) is 10.6. The number of alkyl halides is 1. The molecule has 0 unspecified atom stereocenters. The molecule has 2 rings (SSSR count). The summed E-state index contributed by atoms with van der Waals surface area (Å²) in [7, 11) is 0. The van der Waals surface area contributed by atoms with Crippen LogP contribution in [-0.2, 0) is 5.88 Å². The molecule has 0 fully saturated rings. The highest BCUT2D eigenvalue weighted by molar-refractivity contribution is 6.16. The fourth-order valence-electron chi connectivity index (χ4n) is 1.48. The van der Waals surface area contributed by atoms with Crippen LogP contribution in [0.3, 0.4) is 0 Å². The van der Waals surface area contributed by atoms with E-state index in [1.54, 1.807) is 0 Å². The highest BCUT2D eigenvalue weighted by Gasteiger charge is 2.04. The number of aromatic amines is 1. The monoisotopic (exact) mass is 220 g/mol. The molecular weight excluding hydrogens is 208 g/mol. The molecule has 1 heterocycles. The first-order valence-electron chi connectivity index (χ1n) is 4.88. The van der Waals surface area contributed by atoms with E-state index >= 15 is 0 Å². The Kier molecular flexibility index (Phi) is 2.78. The van der Waals surface area contributed by atoms with E-state index in [9.17, 15) is 0 Å². The van der Waals surface area contributed by atoms with E-state index in [-0.39, 0.29) is 0 Å². The Balaban J connectivity index is 2.40. The molecule has 1 N–H and O–H groups in total. The van der Waals surface area contributed by atoms with Gasteiger partial charge in [-0.3, -0.25) is 5.10 Å². The predicted molar refractivity (Wildman–Crippen MR) is 63.1 cm³/mol. The molecular formula is C12H13ClN2. The van der Waals surface area contributed by atoms with Crippen molar-refractivity contribution in [3.05, 3.63) is 41.1 Å². The molecule has 0 aliphatic rings. The second-order valence-electron chi connectivity index (χ2n) is 3.71. The SMILES string of the molecule is Cc1ccc(-c2cc(CCl)[nH]n2)cc1C. The molecule has 0 aliphatic carbocycles. The van der Waals surface area contributed by atoms with Gasteiger partial charge < -0.3 is 0 Å². The Morgan fingerprint density at radius 2 is 2.00 bits per heavy atom. The molecule has 15 heavy (non-hydrogen) atoms. The van der Waals surface area contributed by atoms with Gasteiger partial charge in [-0.15, -0.1) is 11.6 Å². The van der Waals surface area contributed by atoms with Gasteiger partial charge in [0.15, 0.2) is 0 Å². The average Bonchev–Trinajstić information content (AvgIpc) is 2.70. The zero-order chi connectivity index (χ0) is 10.8. The number of nitrogens with one attached hydrogen (secondary N) is 1. The van der Waals surface area contributed by atoms with Gasteiger partial charge in [0.1, 0.15) is 0 Å². The first kappa shape index (κ1) is 10.2. The van der Waals surface area contributed by atoms with Gasteiger partial charge in [-0.1, -0.05) is 12.1 Å². The molecule has 0 amide bonds. The third kappa shape index (κ3) is 2.05. The molecule has 1 aromatic carbocycles. The summed E-state index contributed by atoms with van der Waals surface area (Å²) in [6.45, 7) is 4.21. The van der Waals surface area contributed by atoms with Crippen LogP contribution in [0.15, 0.2) is 24.3 Å². The van der Waals surface area contributed by atoms with E-state index in [1.165, 1.54) is 11.1 Å². The van der Waals surface area contributed by atoms with Crippen molar-refractivity contribution < 1.29 is 0 Å². The molecule has 0 aliphatic heterocycles. The minimum Gasteiger partial charge on any atom is -0.281 e. The molecule has 0 bridgehead atoms. The number of benzene rings is 1. The van der Waals surface area contributed by atoms with E-state index in [2.05, 4.69) is 42.2 Å². The fraction of sp³-hybridized carbons (Fsp3) is 0.250. The van der Waals surface area contributed by atoms with Crippen molar-refractivity contribution in [1.29, 1.82) is 0 Å². The smallest absolute Gasteiger partial charge is 0.0924 e. The summed E-state index contributed by atoms with van der Waals surface area (Å²) in [6, 6.07) is 8.32. The lowest BCUT2D eigenvalue weighted by atomic mass is 10.0. The number of aryl methyl sites for hydroxylation is 2. The number of hydrogen-bond donors (Lipinski definition) is 1. The third-order valence-electron chi connectivity index (χ3n) is 2.58. The quantitative estimate of drug-likeness (QED) is 0.772. The summed E-state index contributed by atoms with van der Waals surface area (Å²) in [6.07, 6.45) is 0. The minimum absolute atomic E-state index is 0.470. The zero-order valence-electron chi connectivity index (χ0n) is 8.84. The maximum absolute atomic E-state index is 5.71. The molecule has 1 aromatic heterocycles. The van der Waals surface area contributed by atoms with Gasteiger partial charge in [0.25, 0.3) is 0 Å². The zero-order valence-corrected chi connectivity index (χ0v) is 9.60. The lowest BCUT2D eigenvalue weighted by molar-refractivity contribution is 1.04. The van der Waals surface area contributed by atoms with Gasteiger partial charge in [0.05, 0.1) is 17.3 Å². The summed E-state index contributed by atoms with van der Waals surface area (Å²) in [5.74, 6) is 0.470. The van der Waals surface area contributed by atoms with Crippen molar-refractivity contribution in [2.75, 3.05) is 0 Å². The molecule has 3 heteroatoms. The number of nitrogens with zero attached hydrogens (tertiary/aromatic N) is 1. The van der Waals surface area contributed by atoms with E-state index in [1.807, 2.05) is 6.07 Å². The Labute approximate surface area is 94.3 Å². The Morgan fingerprint density at radius 3 is 2.60 bits per heavy atom. The first-order valence-corrected chi connectivity index (χ1v) is 5.42. The molecule has 78 valence electrons. The second kappa shape index (κ2) is 4.07. The molecule has 0 saturated heterocycles. The number of rotatable bonds is 2. The summed E-state index contributed by atoms with van der Waals surface area (Å²) >= 11 is 5.71. The summed E-state index contributed by atoms with van der Waals surface area (Å²) in [5.41, 5.74) is 5.61. The molecule has 2 aromatic rings. The van der Waals surface area contributed by atoms with Crippen LogP contribution < -0.4 is 0 Å². The Morgan fingerprint density at radius 1 is 1.20 bits per heavy atom. The van der Waals surface area contributed by atoms with Crippen LogP contribution >= 0.6 is 11.6 Å². The standard InChI is InChI=1S/C12H13ClN2/c1-8-3-4-10(5-9(8)2)12-6-11(7-13)14-15-12/h3-6H,7H2,1-2H3,(H,14,15). The number of hydrogen-bond acceptors (Lipinski definition) is 1. The maximum atomic E-state index is 5.71. The molecule has 0 saturated carbocycles. The van der Waals surface area contributed by atoms with E-state index < -0.39 is 0 Å². The van der Waals surface area contributed by atoms with E-state index in [0.717, 1.165) is 17.0 Å². The number of halogens is 1. The van der Waals surface area contributed by atoms with Crippen LogP contribution in [0.5, 0.6) is 0 Å². The lowest BCUT2D eigenvalue weighted by Gasteiger charge is -2.01. The number of H-pyrrole nitrogens is 1. The van der Waals surface area contributed by atoms with E-state index in [0.29, 0.717) is 5.88 Å². The van der Waals surface area contributed by atoms with Gasteiger partial charge in [-0.05, 0) is 37.1 Å². The van der Waals surface area contributed by atoms with Crippen molar-refractivity contribution >= 4 is 11.6 Å². The van der Waals surface area contributed by atoms with Crippen LogP contribution in [0.2, 0.25) is 0 Å². The summed E-state index contributed by atoms with van der Waals surface area (Å²) in [5, 5.41) is 7.12. The van der Waals surface area contributed by atoms with Crippen LogP contribution in [0.1, 0.15) is 16.8 Å². The second-order valence-corrected chi connectivity index (χ2v) is 3.98. The Bertz CT molecular complexity index is 474. The number of aromatic nitrogens is 2. The predicted octanol–water partition coefficient (Wildman–Crippen LogP) is 3.43. The molecule has 0 spiro atoms. The Hall–Kier alpha value is -1.28. The van der Waals surface area contributed by atoms with Crippen LogP contribution in [0, 0.1) is 13.8 Å². The fourth-order valence-corrected chi connectivity index (χ4v) is 1.62. The molecule has 0 radical (unpaired) electrons. The van der Waals surface area contributed by atoms with Gasteiger partial charge in [0, 0.05) is 5.56 Å². The average molecular weight is 221 g/mol. The lowest BCUT2D eigenvalue weighted by Crippen LogP contribution is -1.83. The van der Waals surface area contributed by atoms with Gasteiger partial charge >= 0.3 is 0 Å². The third-order valence-corrected chi connectivity index (χ3v) is 2.87. The van der Waals surface area contributed by atoms with Gasteiger partial charge in [0.2, 0.25) is 0 Å². The van der Waals surface area contributed by atoms with Crippen molar-refractivity contribution in [1.82, 2.24) is 10.2 Å². The van der Waals surface area contributed by atoms with Crippen LogP contribution in [0.25, 0.3) is 11.3 Å². The first-order chi connectivity index (χ1) is 7.20. The van der Waals surface area contributed by atoms with Crippen LogP contribution in [0.4, 0.5) is 0 Å². The topological polar surface area (TPSA) is 28.7 Å². The van der Waals surface area contributed by atoms with Crippen molar-refractivity contribution in [2.45, 2.75) is 19.7 Å².